The lowest BCUT2D eigenvalue weighted by molar-refractivity contribution is 0.317. The molecule has 0 aliphatic heterocycles. The Balaban J connectivity index is 1.88. The molecule has 2 rings (SSSR count). The summed E-state index contributed by atoms with van der Waals surface area (Å²) >= 11 is 1.99. The van der Waals surface area contributed by atoms with Crippen LogP contribution in [0.1, 0.15) is 38.2 Å². The Morgan fingerprint density at radius 3 is 3.00 bits per heavy atom. The van der Waals surface area contributed by atoms with Crippen molar-refractivity contribution >= 4 is 11.8 Å². The zero-order valence-electron chi connectivity index (χ0n) is 12.4. The molecule has 2 N–H and O–H groups in total. The molecule has 1 fully saturated rings. The van der Waals surface area contributed by atoms with Crippen LogP contribution in [-0.4, -0.2) is 29.3 Å². The molecule has 0 aromatic heterocycles. The minimum absolute atomic E-state index is 0.218. The fraction of sp³-hybridized carbons (Fsp3) is 0.625. The third-order valence-corrected chi connectivity index (χ3v) is 4.97. The number of benzene rings is 1. The van der Waals surface area contributed by atoms with Crippen molar-refractivity contribution in [2.75, 3.05) is 12.9 Å². The lowest BCUT2D eigenvalue weighted by Gasteiger charge is -2.28. The van der Waals surface area contributed by atoms with E-state index in [1.807, 2.05) is 30.8 Å². The highest BCUT2D eigenvalue weighted by Gasteiger charge is 2.20. The molecule has 0 spiro atoms. The average Bonchev–Trinajstić information content (AvgIpc) is 2.48. The maximum Gasteiger partial charge on any atom is 0.161 e. The normalized spacial score (nSPS) is 22.7. The molecule has 0 radical (unpaired) electrons. The quantitative estimate of drug-likeness (QED) is 0.842. The third-order valence-electron chi connectivity index (χ3n) is 3.88. The first-order chi connectivity index (χ1) is 9.72. The molecule has 1 saturated carbocycles. The van der Waals surface area contributed by atoms with Gasteiger partial charge in [-0.25, -0.2) is 0 Å². The molecule has 1 aliphatic carbocycles. The van der Waals surface area contributed by atoms with E-state index >= 15 is 0 Å². The lowest BCUT2D eigenvalue weighted by atomic mass is 9.95. The van der Waals surface area contributed by atoms with E-state index in [2.05, 4.69) is 11.6 Å². The smallest absolute Gasteiger partial charge is 0.161 e. The number of hydrogen-bond donors (Lipinski definition) is 2. The highest BCUT2D eigenvalue weighted by atomic mass is 32.2. The molecule has 4 heteroatoms. The highest BCUT2D eigenvalue weighted by molar-refractivity contribution is 7.99. The molecule has 0 heterocycles. The van der Waals surface area contributed by atoms with Crippen LogP contribution >= 0.6 is 11.8 Å². The van der Waals surface area contributed by atoms with Crippen LogP contribution in [0.4, 0.5) is 0 Å². The van der Waals surface area contributed by atoms with Gasteiger partial charge in [0.05, 0.1) is 6.61 Å². The second kappa shape index (κ2) is 7.79. The van der Waals surface area contributed by atoms with Crippen LogP contribution in [0.15, 0.2) is 18.2 Å². The Morgan fingerprint density at radius 2 is 2.25 bits per heavy atom. The standard InChI is InChI=1S/C16H25NO2S/c1-3-19-16-9-12(7-8-15(16)18)11-17-13-5-4-6-14(10-13)20-2/h7-9,13-14,17-18H,3-6,10-11H2,1-2H3. The number of nitrogens with one attached hydrogen (secondary N) is 1. The Morgan fingerprint density at radius 1 is 1.40 bits per heavy atom. The van der Waals surface area contributed by atoms with E-state index in [-0.39, 0.29) is 5.75 Å². The maximum absolute atomic E-state index is 9.70. The van der Waals surface area contributed by atoms with Crippen LogP contribution in [0.3, 0.4) is 0 Å². The number of phenolic OH excluding ortho intramolecular Hbond substituents is 1. The summed E-state index contributed by atoms with van der Waals surface area (Å²) in [5, 5.41) is 14.1. The molecule has 1 aromatic carbocycles. The van der Waals surface area contributed by atoms with Crippen molar-refractivity contribution in [1.82, 2.24) is 5.32 Å². The van der Waals surface area contributed by atoms with Gasteiger partial charge in [-0.2, -0.15) is 11.8 Å². The summed E-state index contributed by atoms with van der Waals surface area (Å²) in [7, 11) is 0. The van der Waals surface area contributed by atoms with Crippen molar-refractivity contribution in [3.8, 4) is 11.5 Å². The van der Waals surface area contributed by atoms with Gasteiger partial charge in [0.15, 0.2) is 11.5 Å². The molecule has 0 bridgehead atoms. The van der Waals surface area contributed by atoms with Gasteiger partial charge in [0.2, 0.25) is 0 Å². The second-order valence-electron chi connectivity index (χ2n) is 5.34. The van der Waals surface area contributed by atoms with E-state index < -0.39 is 0 Å². The van der Waals surface area contributed by atoms with Gasteiger partial charge >= 0.3 is 0 Å². The third kappa shape index (κ3) is 4.32. The molecule has 2 unspecified atom stereocenters. The minimum atomic E-state index is 0.218. The molecule has 1 aromatic rings. The number of thioether (sulfide) groups is 1. The number of hydrogen-bond acceptors (Lipinski definition) is 4. The van der Waals surface area contributed by atoms with Gasteiger partial charge in [-0.3, -0.25) is 0 Å². The Bertz CT molecular complexity index is 425. The first-order valence-corrected chi connectivity index (χ1v) is 8.72. The zero-order valence-corrected chi connectivity index (χ0v) is 13.2. The molecule has 3 nitrogen and oxygen atoms in total. The summed E-state index contributed by atoms with van der Waals surface area (Å²) in [6, 6.07) is 6.22. The van der Waals surface area contributed by atoms with Crippen molar-refractivity contribution in [3.05, 3.63) is 23.8 Å². The van der Waals surface area contributed by atoms with Crippen LogP contribution in [0, 0.1) is 0 Å². The van der Waals surface area contributed by atoms with E-state index in [9.17, 15) is 5.11 Å². The molecule has 0 saturated heterocycles. The Hall–Kier alpha value is -0.870. The highest BCUT2D eigenvalue weighted by Crippen LogP contribution is 2.28. The molecule has 112 valence electrons. The predicted molar refractivity (Wildman–Crippen MR) is 85.7 cm³/mol. The van der Waals surface area contributed by atoms with Gasteiger partial charge in [-0.15, -0.1) is 0 Å². The second-order valence-corrected chi connectivity index (χ2v) is 6.48. The summed E-state index contributed by atoms with van der Waals surface area (Å²) in [4.78, 5) is 0. The molecule has 1 aliphatic rings. The van der Waals surface area contributed by atoms with Crippen molar-refractivity contribution in [1.29, 1.82) is 0 Å². The number of phenols is 1. The van der Waals surface area contributed by atoms with Gasteiger partial charge in [0, 0.05) is 17.8 Å². The van der Waals surface area contributed by atoms with Crippen molar-refractivity contribution in [3.63, 3.8) is 0 Å². The van der Waals surface area contributed by atoms with Crippen molar-refractivity contribution in [2.45, 2.75) is 50.4 Å². The maximum atomic E-state index is 9.70. The molecule has 2 atom stereocenters. The summed E-state index contributed by atoms with van der Waals surface area (Å²) in [5.41, 5.74) is 1.16. The summed E-state index contributed by atoms with van der Waals surface area (Å²) in [6.45, 7) is 3.34. The van der Waals surface area contributed by atoms with Crippen LogP contribution < -0.4 is 10.1 Å². The van der Waals surface area contributed by atoms with Crippen LogP contribution in [0.25, 0.3) is 0 Å². The van der Waals surface area contributed by atoms with Crippen LogP contribution in [0.2, 0.25) is 0 Å². The first kappa shape index (κ1) is 15.5. The predicted octanol–water partition coefficient (Wildman–Crippen LogP) is 3.55. The summed E-state index contributed by atoms with van der Waals surface area (Å²) in [5.74, 6) is 0.799. The Kier molecular flexibility index (Phi) is 6.05. The fourth-order valence-corrected chi connectivity index (χ4v) is 3.57. The van der Waals surface area contributed by atoms with E-state index in [0.717, 1.165) is 17.4 Å². The van der Waals surface area contributed by atoms with E-state index in [4.69, 9.17) is 4.74 Å². The molecule has 0 amide bonds. The summed E-state index contributed by atoms with van der Waals surface area (Å²) < 4.78 is 5.42. The first-order valence-electron chi connectivity index (χ1n) is 7.43. The van der Waals surface area contributed by atoms with Gasteiger partial charge in [0.25, 0.3) is 0 Å². The Labute approximate surface area is 126 Å². The van der Waals surface area contributed by atoms with Gasteiger partial charge in [-0.05, 0) is 50.1 Å². The van der Waals surface area contributed by atoms with E-state index in [1.165, 1.54) is 25.7 Å². The van der Waals surface area contributed by atoms with Gasteiger partial charge in [-0.1, -0.05) is 12.5 Å². The minimum Gasteiger partial charge on any atom is -0.504 e. The topological polar surface area (TPSA) is 41.5 Å². The fourth-order valence-electron chi connectivity index (χ4n) is 2.75. The van der Waals surface area contributed by atoms with Crippen LogP contribution in [-0.2, 0) is 6.54 Å². The SMILES string of the molecule is CCOc1cc(CNC2CCCC(SC)C2)ccc1O. The molecule has 20 heavy (non-hydrogen) atoms. The number of ether oxygens (including phenoxy) is 1. The zero-order chi connectivity index (χ0) is 14.4. The lowest BCUT2D eigenvalue weighted by Crippen LogP contribution is -2.34. The van der Waals surface area contributed by atoms with Crippen molar-refractivity contribution in [2.24, 2.45) is 0 Å². The average molecular weight is 295 g/mol. The molecular weight excluding hydrogens is 270 g/mol. The monoisotopic (exact) mass is 295 g/mol. The largest absolute Gasteiger partial charge is 0.504 e. The van der Waals surface area contributed by atoms with Gasteiger partial charge < -0.3 is 15.2 Å². The van der Waals surface area contributed by atoms with Gasteiger partial charge in [0.1, 0.15) is 0 Å². The number of aromatic hydroxyl groups is 1. The van der Waals surface area contributed by atoms with E-state index in [0.29, 0.717) is 18.4 Å². The summed E-state index contributed by atoms with van der Waals surface area (Å²) in [6.07, 6.45) is 7.42. The molecular formula is C16H25NO2S. The van der Waals surface area contributed by atoms with E-state index in [1.54, 1.807) is 6.07 Å². The van der Waals surface area contributed by atoms with Crippen molar-refractivity contribution < 1.29 is 9.84 Å². The van der Waals surface area contributed by atoms with Crippen LogP contribution in [0.5, 0.6) is 11.5 Å². The number of rotatable bonds is 6.